The summed E-state index contributed by atoms with van der Waals surface area (Å²) in [6.07, 6.45) is 2.02. The molecule has 28 heavy (non-hydrogen) atoms. The van der Waals surface area contributed by atoms with Gasteiger partial charge in [-0.15, -0.1) is 0 Å². The molecule has 0 atom stereocenters. The number of ether oxygens (including phenoxy) is 2. The van der Waals surface area contributed by atoms with E-state index in [1.165, 1.54) is 20.3 Å². The largest absolute Gasteiger partial charge is 0.493 e. The third kappa shape index (κ3) is 3.85. The molecule has 0 aliphatic carbocycles. The van der Waals surface area contributed by atoms with Crippen molar-refractivity contribution < 1.29 is 19.2 Å². The summed E-state index contributed by atoms with van der Waals surface area (Å²) in [5.41, 5.74) is 2.06. The van der Waals surface area contributed by atoms with Crippen LogP contribution in [0.25, 0.3) is 0 Å². The molecule has 0 spiro atoms. The maximum Gasteiger partial charge on any atom is 0.293 e. The standard InChI is InChI=1S/C20H23N3O5/c1-13-10-18(27-2)19(28-3)12-15(13)21-20(24)14-6-7-16(17(11-14)23(25)26)22-8-4-5-9-22/h6-7,10-12H,4-5,8-9H2,1-3H3,(H,21,24). The Labute approximate surface area is 163 Å². The average Bonchev–Trinajstić information content (AvgIpc) is 3.23. The first-order valence-electron chi connectivity index (χ1n) is 9.02. The number of nitro benzene ring substituents is 1. The molecule has 2 aromatic carbocycles. The van der Waals surface area contributed by atoms with E-state index in [4.69, 9.17) is 9.47 Å². The lowest BCUT2D eigenvalue weighted by atomic mass is 10.1. The smallest absolute Gasteiger partial charge is 0.293 e. The molecule has 2 aromatic rings. The molecule has 1 amide bonds. The fraction of sp³-hybridized carbons (Fsp3) is 0.350. The number of amides is 1. The molecule has 8 nitrogen and oxygen atoms in total. The lowest BCUT2D eigenvalue weighted by Crippen LogP contribution is -2.20. The van der Waals surface area contributed by atoms with Gasteiger partial charge in [-0.05, 0) is 43.5 Å². The first-order chi connectivity index (χ1) is 13.4. The highest BCUT2D eigenvalue weighted by molar-refractivity contribution is 6.05. The number of rotatable bonds is 6. The zero-order valence-corrected chi connectivity index (χ0v) is 16.2. The molecule has 1 heterocycles. The summed E-state index contributed by atoms with van der Waals surface area (Å²) in [7, 11) is 3.05. The molecule has 1 aliphatic heterocycles. The number of nitrogens with zero attached hydrogens (tertiary/aromatic N) is 2. The van der Waals surface area contributed by atoms with Crippen molar-refractivity contribution in [2.75, 3.05) is 37.5 Å². The SMILES string of the molecule is COc1cc(C)c(NC(=O)c2ccc(N3CCCC3)c([N+](=O)[O-])c2)cc1OC. The minimum absolute atomic E-state index is 0.0569. The maximum atomic E-state index is 12.7. The van der Waals surface area contributed by atoms with E-state index in [0.29, 0.717) is 22.9 Å². The van der Waals surface area contributed by atoms with Gasteiger partial charge in [-0.2, -0.15) is 0 Å². The van der Waals surface area contributed by atoms with E-state index in [1.54, 1.807) is 24.3 Å². The average molecular weight is 385 g/mol. The minimum atomic E-state index is -0.438. The lowest BCUT2D eigenvalue weighted by molar-refractivity contribution is -0.384. The van der Waals surface area contributed by atoms with Crippen molar-refractivity contribution >= 4 is 23.0 Å². The number of carbonyl (C=O) groups is 1. The predicted molar refractivity (Wildman–Crippen MR) is 107 cm³/mol. The second kappa shape index (κ2) is 8.16. The Kier molecular flexibility index (Phi) is 5.67. The molecule has 1 fully saturated rings. The number of nitro groups is 1. The number of hydrogen-bond acceptors (Lipinski definition) is 6. The number of anilines is 2. The van der Waals surface area contributed by atoms with Gasteiger partial charge in [-0.1, -0.05) is 0 Å². The molecule has 0 radical (unpaired) electrons. The molecule has 148 valence electrons. The Balaban J connectivity index is 1.89. The highest BCUT2D eigenvalue weighted by Crippen LogP contribution is 2.34. The number of aryl methyl sites for hydroxylation is 1. The summed E-state index contributed by atoms with van der Waals surface area (Å²) in [5.74, 6) is 0.619. The van der Waals surface area contributed by atoms with Crippen LogP contribution in [0.2, 0.25) is 0 Å². The zero-order chi connectivity index (χ0) is 20.3. The second-order valence-electron chi connectivity index (χ2n) is 6.63. The van der Waals surface area contributed by atoms with Gasteiger partial charge in [0.15, 0.2) is 11.5 Å². The summed E-state index contributed by atoms with van der Waals surface area (Å²) >= 11 is 0. The molecule has 1 aliphatic rings. The molecular formula is C20H23N3O5. The highest BCUT2D eigenvalue weighted by atomic mass is 16.6. The Morgan fingerprint density at radius 3 is 2.36 bits per heavy atom. The van der Waals surface area contributed by atoms with Gasteiger partial charge >= 0.3 is 0 Å². The Hall–Kier alpha value is -3.29. The quantitative estimate of drug-likeness (QED) is 0.601. The van der Waals surface area contributed by atoms with E-state index in [2.05, 4.69) is 5.32 Å². The van der Waals surface area contributed by atoms with Crippen molar-refractivity contribution in [1.82, 2.24) is 0 Å². The first-order valence-corrected chi connectivity index (χ1v) is 9.02. The summed E-state index contributed by atoms with van der Waals surface area (Å²) in [4.78, 5) is 25.8. The predicted octanol–water partition coefficient (Wildman–Crippen LogP) is 3.77. The van der Waals surface area contributed by atoms with Crippen LogP contribution < -0.4 is 19.7 Å². The van der Waals surface area contributed by atoms with Crippen LogP contribution in [0.3, 0.4) is 0 Å². The van der Waals surface area contributed by atoms with Gasteiger partial charge in [-0.3, -0.25) is 14.9 Å². The molecule has 8 heteroatoms. The van der Waals surface area contributed by atoms with Gasteiger partial charge in [0.2, 0.25) is 0 Å². The van der Waals surface area contributed by atoms with Gasteiger partial charge in [0.05, 0.1) is 19.1 Å². The van der Waals surface area contributed by atoms with E-state index in [9.17, 15) is 14.9 Å². The monoisotopic (exact) mass is 385 g/mol. The van der Waals surface area contributed by atoms with Gasteiger partial charge < -0.3 is 19.7 Å². The van der Waals surface area contributed by atoms with E-state index in [0.717, 1.165) is 31.5 Å². The normalized spacial score (nSPS) is 13.3. The fourth-order valence-electron chi connectivity index (χ4n) is 3.35. The number of nitrogens with one attached hydrogen (secondary N) is 1. The van der Waals surface area contributed by atoms with Crippen LogP contribution >= 0.6 is 0 Å². The van der Waals surface area contributed by atoms with Crippen LogP contribution in [0.1, 0.15) is 28.8 Å². The number of benzene rings is 2. The Morgan fingerprint density at radius 2 is 1.75 bits per heavy atom. The number of methoxy groups -OCH3 is 2. The van der Waals surface area contributed by atoms with Gasteiger partial charge in [0.25, 0.3) is 11.6 Å². The number of carbonyl (C=O) groups excluding carboxylic acids is 1. The zero-order valence-electron chi connectivity index (χ0n) is 16.2. The van der Waals surface area contributed by atoms with Crippen LogP contribution in [0.15, 0.2) is 30.3 Å². The van der Waals surface area contributed by atoms with E-state index in [-0.39, 0.29) is 11.3 Å². The molecule has 3 rings (SSSR count). The summed E-state index contributed by atoms with van der Waals surface area (Å²) < 4.78 is 10.5. The van der Waals surface area contributed by atoms with Gasteiger partial charge in [0, 0.05) is 36.5 Å². The molecular weight excluding hydrogens is 362 g/mol. The topological polar surface area (TPSA) is 93.9 Å². The molecule has 1 N–H and O–H groups in total. The van der Waals surface area contributed by atoms with Crippen LogP contribution in [0.5, 0.6) is 11.5 Å². The van der Waals surface area contributed by atoms with Crippen molar-refractivity contribution in [3.63, 3.8) is 0 Å². The fourth-order valence-corrected chi connectivity index (χ4v) is 3.35. The molecule has 0 saturated carbocycles. The Morgan fingerprint density at radius 1 is 1.11 bits per heavy atom. The van der Waals surface area contributed by atoms with Crippen molar-refractivity contribution in [3.8, 4) is 11.5 Å². The van der Waals surface area contributed by atoms with Crippen molar-refractivity contribution in [3.05, 3.63) is 51.6 Å². The van der Waals surface area contributed by atoms with Crippen molar-refractivity contribution in [2.24, 2.45) is 0 Å². The van der Waals surface area contributed by atoms with Gasteiger partial charge in [0.1, 0.15) is 5.69 Å². The van der Waals surface area contributed by atoms with Crippen LogP contribution in [-0.2, 0) is 0 Å². The van der Waals surface area contributed by atoms with E-state index >= 15 is 0 Å². The van der Waals surface area contributed by atoms with Crippen LogP contribution in [-0.4, -0.2) is 38.1 Å². The van der Waals surface area contributed by atoms with E-state index < -0.39 is 10.8 Å². The van der Waals surface area contributed by atoms with Crippen LogP contribution in [0, 0.1) is 17.0 Å². The Bertz CT molecular complexity index is 907. The lowest BCUT2D eigenvalue weighted by Gasteiger charge is -2.18. The van der Waals surface area contributed by atoms with Crippen molar-refractivity contribution in [1.29, 1.82) is 0 Å². The molecule has 0 unspecified atom stereocenters. The molecule has 1 saturated heterocycles. The van der Waals surface area contributed by atoms with Gasteiger partial charge in [-0.25, -0.2) is 0 Å². The summed E-state index contributed by atoms with van der Waals surface area (Å²) in [5, 5.41) is 14.3. The molecule has 0 bridgehead atoms. The first kappa shape index (κ1) is 19.5. The highest BCUT2D eigenvalue weighted by Gasteiger charge is 2.24. The second-order valence-corrected chi connectivity index (χ2v) is 6.63. The van der Waals surface area contributed by atoms with Crippen LogP contribution in [0.4, 0.5) is 17.1 Å². The third-order valence-electron chi connectivity index (χ3n) is 4.86. The summed E-state index contributed by atoms with van der Waals surface area (Å²) in [6.45, 7) is 3.41. The minimum Gasteiger partial charge on any atom is -0.493 e. The van der Waals surface area contributed by atoms with E-state index in [1.807, 2.05) is 11.8 Å². The third-order valence-corrected chi connectivity index (χ3v) is 4.86. The summed E-state index contributed by atoms with van der Waals surface area (Å²) in [6, 6.07) is 8.03. The van der Waals surface area contributed by atoms with Crippen molar-refractivity contribution in [2.45, 2.75) is 19.8 Å². The maximum absolute atomic E-state index is 12.7. The molecule has 0 aromatic heterocycles. The number of hydrogen-bond donors (Lipinski definition) is 1.